The first-order valence-corrected chi connectivity index (χ1v) is 7.88. The summed E-state index contributed by atoms with van der Waals surface area (Å²) in [5.74, 6) is 0.664. The zero-order chi connectivity index (χ0) is 15.0. The van der Waals surface area contributed by atoms with E-state index in [9.17, 15) is 9.18 Å². The van der Waals surface area contributed by atoms with Gasteiger partial charge in [0.2, 0.25) is 5.91 Å². The molecule has 1 heterocycles. The second-order valence-corrected chi connectivity index (χ2v) is 6.46. The number of benzene rings is 1. The Hall–Kier alpha value is -1.42. The van der Waals surface area contributed by atoms with Gasteiger partial charge in [-0.25, -0.2) is 4.39 Å². The molecule has 4 heteroatoms. The second kappa shape index (κ2) is 5.76. The van der Waals surface area contributed by atoms with E-state index < -0.39 is 0 Å². The Kier molecular flexibility index (Phi) is 3.98. The number of nitrogens with zero attached hydrogens (tertiary/aromatic N) is 1. The molecule has 1 aliphatic heterocycles. The van der Waals surface area contributed by atoms with E-state index in [0.717, 1.165) is 31.4 Å². The van der Waals surface area contributed by atoms with Gasteiger partial charge in [-0.2, -0.15) is 0 Å². The number of halogens is 1. The summed E-state index contributed by atoms with van der Waals surface area (Å²) in [6.07, 6.45) is 3.04. The van der Waals surface area contributed by atoms with Crippen molar-refractivity contribution in [2.24, 2.45) is 17.6 Å². The number of carbonyl (C=O) groups excluding carboxylic acids is 1. The molecule has 1 saturated carbocycles. The van der Waals surface area contributed by atoms with Crippen LogP contribution in [0.4, 0.5) is 4.39 Å². The average molecular weight is 290 g/mol. The number of nitrogens with two attached hydrogens (primary N) is 1. The molecule has 2 N–H and O–H groups in total. The van der Waals surface area contributed by atoms with Crippen molar-refractivity contribution in [3.63, 3.8) is 0 Å². The highest BCUT2D eigenvalue weighted by Gasteiger charge is 2.47. The van der Waals surface area contributed by atoms with Crippen LogP contribution in [-0.4, -0.2) is 29.9 Å². The number of hydrogen-bond acceptors (Lipinski definition) is 2. The predicted molar refractivity (Wildman–Crippen MR) is 80.2 cm³/mol. The third kappa shape index (κ3) is 2.82. The highest BCUT2D eigenvalue weighted by molar-refractivity contribution is 5.83. The quantitative estimate of drug-likeness (QED) is 0.929. The summed E-state index contributed by atoms with van der Waals surface area (Å²) in [6, 6.07) is 6.80. The lowest BCUT2D eigenvalue weighted by atomic mass is 9.90. The first-order chi connectivity index (χ1) is 10.1. The van der Waals surface area contributed by atoms with Gasteiger partial charge in [-0.05, 0) is 48.8 Å². The molecule has 0 spiro atoms. The third-order valence-electron chi connectivity index (χ3n) is 5.02. The lowest BCUT2D eigenvalue weighted by Crippen LogP contribution is -2.52. The average Bonchev–Trinajstić information content (AvgIpc) is 3.26. The maximum absolute atomic E-state index is 13.3. The van der Waals surface area contributed by atoms with Gasteiger partial charge in [0.1, 0.15) is 5.82 Å². The maximum atomic E-state index is 13.3. The van der Waals surface area contributed by atoms with Crippen LogP contribution in [0.5, 0.6) is 0 Å². The predicted octanol–water partition coefficient (Wildman–Crippen LogP) is 2.52. The summed E-state index contributed by atoms with van der Waals surface area (Å²) in [7, 11) is 0. The highest BCUT2D eigenvalue weighted by atomic mass is 19.1. The van der Waals surface area contributed by atoms with E-state index in [2.05, 4.69) is 6.92 Å². The van der Waals surface area contributed by atoms with Crippen molar-refractivity contribution in [2.75, 3.05) is 13.1 Å². The number of carbonyl (C=O) groups is 1. The molecule has 1 saturated heterocycles. The lowest BCUT2D eigenvalue weighted by Gasteiger charge is -2.39. The van der Waals surface area contributed by atoms with E-state index in [1.165, 1.54) is 6.07 Å². The first kappa shape index (κ1) is 14.5. The van der Waals surface area contributed by atoms with Crippen LogP contribution in [0.1, 0.15) is 37.7 Å². The Bertz CT molecular complexity index is 533. The van der Waals surface area contributed by atoms with Crippen LogP contribution in [0.15, 0.2) is 24.3 Å². The molecule has 1 aromatic rings. The zero-order valence-corrected chi connectivity index (χ0v) is 12.5. The van der Waals surface area contributed by atoms with Crippen LogP contribution in [0.2, 0.25) is 0 Å². The summed E-state index contributed by atoms with van der Waals surface area (Å²) < 4.78 is 13.3. The molecule has 3 nitrogen and oxygen atoms in total. The van der Waals surface area contributed by atoms with Crippen LogP contribution in [0, 0.1) is 17.7 Å². The summed E-state index contributed by atoms with van der Waals surface area (Å²) in [4.78, 5) is 14.7. The number of likely N-dealkylation sites (tertiary alicyclic amines) is 1. The van der Waals surface area contributed by atoms with Gasteiger partial charge < -0.3 is 10.6 Å². The van der Waals surface area contributed by atoms with Gasteiger partial charge in [0.15, 0.2) is 0 Å². The molecule has 0 bridgehead atoms. The summed E-state index contributed by atoms with van der Waals surface area (Å²) in [5.41, 5.74) is 6.81. The molecule has 2 fully saturated rings. The van der Waals surface area contributed by atoms with Crippen LogP contribution in [0.25, 0.3) is 0 Å². The molecule has 4 unspecified atom stereocenters. The molecule has 0 radical (unpaired) electrons. The second-order valence-electron chi connectivity index (χ2n) is 6.46. The molecule has 1 aliphatic carbocycles. The molecule has 1 amide bonds. The SMILES string of the molecule is CC1CCCN(C(=O)C2CC2c2cccc(F)c2)C1CN. The van der Waals surface area contributed by atoms with Crippen molar-refractivity contribution < 1.29 is 9.18 Å². The molecule has 114 valence electrons. The van der Waals surface area contributed by atoms with Gasteiger partial charge in [0.05, 0.1) is 0 Å². The molecule has 21 heavy (non-hydrogen) atoms. The summed E-state index contributed by atoms with van der Waals surface area (Å²) in [5, 5.41) is 0. The van der Waals surface area contributed by atoms with Crippen LogP contribution in [0.3, 0.4) is 0 Å². The molecule has 3 rings (SSSR count). The molecule has 2 aliphatic rings. The molecule has 1 aromatic carbocycles. The monoisotopic (exact) mass is 290 g/mol. The fourth-order valence-electron chi connectivity index (χ4n) is 3.67. The maximum Gasteiger partial charge on any atom is 0.226 e. The van der Waals surface area contributed by atoms with Gasteiger partial charge in [-0.3, -0.25) is 4.79 Å². The molecular weight excluding hydrogens is 267 g/mol. The topological polar surface area (TPSA) is 46.3 Å². The largest absolute Gasteiger partial charge is 0.338 e. The Balaban J connectivity index is 1.69. The molecular formula is C17H23FN2O. The molecule has 0 aromatic heterocycles. The van der Waals surface area contributed by atoms with Gasteiger partial charge in [-0.1, -0.05) is 19.1 Å². The number of amides is 1. The van der Waals surface area contributed by atoms with E-state index in [0.29, 0.717) is 12.5 Å². The van der Waals surface area contributed by atoms with E-state index >= 15 is 0 Å². The normalized spacial score (nSPS) is 32.0. The Labute approximate surface area is 125 Å². The van der Waals surface area contributed by atoms with Crippen molar-refractivity contribution in [1.29, 1.82) is 0 Å². The Morgan fingerprint density at radius 1 is 1.48 bits per heavy atom. The van der Waals surface area contributed by atoms with Gasteiger partial charge in [0.25, 0.3) is 0 Å². The zero-order valence-electron chi connectivity index (χ0n) is 12.5. The fraction of sp³-hybridized carbons (Fsp3) is 0.588. The standard InChI is InChI=1S/C17H23FN2O/c1-11-4-3-7-20(16(11)10-19)17(21)15-9-14(15)12-5-2-6-13(18)8-12/h2,5-6,8,11,14-16H,3-4,7,9-10,19H2,1H3. The van der Waals surface area contributed by atoms with E-state index in [-0.39, 0.29) is 29.6 Å². The van der Waals surface area contributed by atoms with Crippen molar-refractivity contribution in [1.82, 2.24) is 4.90 Å². The minimum absolute atomic E-state index is 0.0196. The highest BCUT2D eigenvalue weighted by Crippen LogP contribution is 2.49. The van der Waals surface area contributed by atoms with E-state index in [1.807, 2.05) is 11.0 Å². The van der Waals surface area contributed by atoms with Crippen LogP contribution < -0.4 is 5.73 Å². The van der Waals surface area contributed by atoms with Gasteiger partial charge in [-0.15, -0.1) is 0 Å². The number of hydrogen-bond donors (Lipinski definition) is 1. The minimum Gasteiger partial charge on any atom is -0.338 e. The van der Waals surface area contributed by atoms with Gasteiger partial charge in [0, 0.05) is 25.0 Å². The fourth-order valence-corrected chi connectivity index (χ4v) is 3.67. The summed E-state index contributed by atoms with van der Waals surface area (Å²) >= 11 is 0. The summed E-state index contributed by atoms with van der Waals surface area (Å²) in [6.45, 7) is 3.52. The van der Waals surface area contributed by atoms with Crippen molar-refractivity contribution >= 4 is 5.91 Å². The third-order valence-corrected chi connectivity index (χ3v) is 5.02. The van der Waals surface area contributed by atoms with Gasteiger partial charge >= 0.3 is 0 Å². The van der Waals surface area contributed by atoms with Crippen molar-refractivity contribution in [2.45, 2.75) is 38.1 Å². The smallest absolute Gasteiger partial charge is 0.226 e. The number of rotatable bonds is 3. The van der Waals surface area contributed by atoms with Crippen LogP contribution >= 0.6 is 0 Å². The lowest BCUT2D eigenvalue weighted by molar-refractivity contribution is -0.137. The van der Waals surface area contributed by atoms with E-state index in [4.69, 9.17) is 5.73 Å². The number of piperidine rings is 1. The van der Waals surface area contributed by atoms with Crippen molar-refractivity contribution in [3.8, 4) is 0 Å². The van der Waals surface area contributed by atoms with Crippen molar-refractivity contribution in [3.05, 3.63) is 35.6 Å². The van der Waals surface area contributed by atoms with Crippen LogP contribution in [-0.2, 0) is 4.79 Å². The van der Waals surface area contributed by atoms with E-state index in [1.54, 1.807) is 12.1 Å². The Morgan fingerprint density at radius 3 is 3.00 bits per heavy atom. The molecule has 4 atom stereocenters. The first-order valence-electron chi connectivity index (χ1n) is 7.88. The Morgan fingerprint density at radius 2 is 2.29 bits per heavy atom. The minimum atomic E-state index is -0.225.